The van der Waals surface area contributed by atoms with Crippen LogP contribution >= 0.6 is 0 Å². The number of nitrogens with zero attached hydrogens (tertiary/aromatic N) is 1. The number of esters is 1. The van der Waals surface area contributed by atoms with Gasteiger partial charge in [0.25, 0.3) is 10.0 Å². The van der Waals surface area contributed by atoms with Crippen molar-refractivity contribution in [1.29, 1.82) is 0 Å². The molecule has 2 aromatic carbocycles. The van der Waals surface area contributed by atoms with Gasteiger partial charge in [0.2, 0.25) is 0 Å². The fourth-order valence-corrected chi connectivity index (χ4v) is 4.04. The highest BCUT2D eigenvalue weighted by Gasteiger charge is 2.26. The third kappa shape index (κ3) is 4.76. The molecular weight excluding hydrogens is 354 g/mol. The summed E-state index contributed by atoms with van der Waals surface area (Å²) in [6.07, 6.45) is -0.0368. The average molecular weight is 377 g/mol. The number of ether oxygens (including phenoxy) is 2. The third-order valence-electron chi connectivity index (χ3n) is 3.76. The van der Waals surface area contributed by atoms with Gasteiger partial charge in [-0.25, -0.2) is 8.42 Å². The lowest BCUT2D eigenvalue weighted by Gasteiger charge is -2.24. The lowest BCUT2D eigenvalue weighted by atomic mass is 10.2. The Labute approximate surface area is 154 Å². The maximum absolute atomic E-state index is 13.2. The van der Waals surface area contributed by atoms with Crippen molar-refractivity contribution in [3.05, 3.63) is 54.1 Å². The lowest BCUT2D eigenvalue weighted by molar-refractivity contribution is -0.142. The first-order valence-electron chi connectivity index (χ1n) is 8.27. The molecule has 0 aliphatic rings. The summed E-state index contributed by atoms with van der Waals surface area (Å²) in [4.78, 5) is 11.9. The van der Waals surface area contributed by atoms with E-state index in [4.69, 9.17) is 9.47 Å². The summed E-state index contributed by atoms with van der Waals surface area (Å²) in [6, 6.07) is 13.3. The second kappa shape index (κ2) is 8.71. The van der Waals surface area contributed by atoms with E-state index in [1.165, 1.54) is 11.4 Å². The van der Waals surface area contributed by atoms with Crippen molar-refractivity contribution in [2.45, 2.75) is 25.2 Å². The van der Waals surface area contributed by atoms with E-state index in [-0.39, 0.29) is 24.5 Å². The molecule has 0 fully saturated rings. The quantitative estimate of drug-likeness (QED) is 0.661. The van der Waals surface area contributed by atoms with Crippen molar-refractivity contribution in [3.8, 4) is 5.75 Å². The molecule has 0 bridgehead atoms. The number of methoxy groups -OCH3 is 1. The van der Waals surface area contributed by atoms with E-state index in [2.05, 4.69) is 0 Å². The zero-order valence-corrected chi connectivity index (χ0v) is 16.0. The van der Waals surface area contributed by atoms with Crippen molar-refractivity contribution < 1.29 is 22.7 Å². The Morgan fingerprint density at radius 2 is 1.81 bits per heavy atom. The van der Waals surface area contributed by atoms with E-state index in [0.29, 0.717) is 11.4 Å². The Bertz CT molecular complexity index is 846. The first kappa shape index (κ1) is 19.8. The molecule has 0 saturated heterocycles. The van der Waals surface area contributed by atoms with E-state index in [9.17, 15) is 13.2 Å². The second-order valence-corrected chi connectivity index (χ2v) is 7.51. The van der Waals surface area contributed by atoms with E-state index in [1.807, 2.05) is 13.0 Å². The summed E-state index contributed by atoms with van der Waals surface area (Å²) in [6.45, 7) is 3.78. The minimum absolute atomic E-state index is 0.0125. The maximum atomic E-state index is 13.2. The monoisotopic (exact) mass is 377 g/mol. The highest BCUT2D eigenvalue weighted by Crippen LogP contribution is 2.26. The normalized spacial score (nSPS) is 11.0. The van der Waals surface area contributed by atoms with Gasteiger partial charge in [-0.2, -0.15) is 0 Å². The van der Waals surface area contributed by atoms with Crippen molar-refractivity contribution in [2.24, 2.45) is 0 Å². The Balaban J connectivity index is 2.39. The van der Waals surface area contributed by atoms with Crippen LogP contribution in [-0.2, 0) is 19.6 Å². The number of carbonyl (C=O) groups excluding carboxylic acids is 1. The summed E-state index contributed by atoms with van der Waals surface area (Å²) < 4.78 is 37.6. The maximum Gasteiger partial charge on any atom is 0.307 e. The Morgan fingerprint density at radius 1 is 1.12 bits per heavy atom. The minimum Gasteiger partial charge on any atom is -0.497 e. The first-order valence-corrected chi connectivity index (χ1v) is 9.71. The molecule has 2 aromatic rings. The van der Waals surface area contributed by atoms with Crippen molar-refractivity contribution in [2.75, 3.05) is 24.6 Å². The fraction of sp³-hybridized carbons (Fsp3) is 0.316. The molecule has 0 aliphatic carbocycles. The van der Waals surface area contributed by atoms with Gasteiger partial charge in [0, 0.05) is 6.54 Å². The Morgan fingerprint density at radius 3 is 2.38 bits per heavy atom. The molecule has 0 heterocycles. The predicted molar refractivity (Wildman–Crippen MR) is 100.0 cm³/mol. The minimum atomic E-state index is -3.82. The van der Waals surface area contributed by atoms with Crippen LogP contribution in [0.4, 0.5) is 5.69 Å². The summed E-state index contributed by atoms with van der Waals surface area (Å²) >= 11 is 0. The molecule has 0 aliphatic heterocycles. The molecule has 2 rings (SSSR count). The summed E-state index contributed by atoms with van der Waals surface area (Å²) in [7, 11) is -2.28. The van der Waals surface area contributed by atoms with E-state index < -0.39 is 16.0 Å². The molecule has 0 saturated carbocycles. The summed E-state index contributed by atoms with van der Waals surface area (Å²) in [5.74, 6) is 0.178. The van der Waals surface area contributed by atoms with Gasteiger partial charge < -0.3 is 9.47 Å². The number of hydrogen-bond acceptors (Lipinski definition) is 5. The summed E-state index contributed by atoms with van der Waals surface area (Å²) in [5.41, 5.74) is 1.29. The largest absolute Gasteiger partial charge is 0.497 e. The van der Waals surface area contributed by atoms with Crippen molar-refractivity contribution >= 4 is 21.7 Å². The van der Waals surface area contributed by atoms with E-state index in [1.54, 1.807) is 49.4 Å². The molecule has 0 unspecified atom stereocenters. The molecule has 7 heteroatoms. The Kier molecular flexibility index (Phi) is 6.63. The SMILES string of the molecule is CCOC(=O)CCN(c1ccc(OC)cc1)S(=O)(=O)c1cccc(C)c1. The van der Waals surface area contributed by atoms with Gasteiger partial charge in [-0.15, -0.1) is 0 Å². The fourth-order valence-electron chi connectivity index (χ4n) is 2.47. The van der Waals surface area contributed by atoms with Crippen molar-refractivity contribution in [1.82, 2.24) is 0 Å². The van der Waals surface area contributed by atoms with Crippen molar-refractivity contribution in [3.63, 3.8) is 0 Å². The number of anilines is 1. The van der Waals surface area contributed by atoms with Crippen LogP contribution in [0.15, 0.2) is 53.4 Å². The van der Waals surface area contributed by atoms with Gasteiger partial charge in [-0.1, -0.05) is 12.1 Å². The van der Waals surface area contributed by atoms with Gasteiger partial charge in [0.15, 0.2) is 0 Å². The van der Waals surface area contributed by atoms with Gasteiger partial charge in [0.1, 0.15) is 5.75 Å². The molecule has 0 N–H and O–H groups in total. The highest BCUT2D eigenvalue weighted by molar-refractivity contribution is 7.92. The van der Waals surface area contributed by atoms with Gasteiger partial charge >= 0.3 is 5.97 Å². The van der Waals surface area contributed by atoms with Crippen LogP contribution in [0.1, 0.15) is 18.9 Å². The number of sulfonamides is 1. The topological polar surface area (TPSA) is 72.9 Å². The molecule has 0 spiro atoms. The standard InChI is InChI=1S/C19H23NO5S/c1-4-25-19(21)12-13-20(16-8-10-17(24-3)11-9-16)26(22,23)18-7-5-6-15(2)14-18/h5-11,14H,4,12-13H2,1-3H3. The predicted octanol–water partition coefficient (Wildman–Crippen LogP) is 3.15. The van der Waals surface area contributed by atoms with Crippen LogP contribution in [0, 0.1) is 6.92 Å². The number of rotatable bonds is 8. The molecular formula is C19H23NO5S. The van der Waals surface area contributed by atoms with E-state index >= 15 is 0 Å². The van der Waals surface area contributed by atoms with Gasteiger partial charge in [-0.05, 0) is 55.8 Å². The smallest absolute Gasteiger partial charge is 0.307 e. The van der Waals surface area contributed by atoms with Gasteiger partial charge in [0.05, 0.1) is 30.7 Å². The van der Waals surface area contributed by atoms with Crippen LogP contribution in [0.25, 0.3) is 0 Å². The molecule has 0 amide bonds. The van der Waals surface area contributed by atoms with Crippen LogP contribution in [0.5, 0.6) is 5.75 Å². The molecule has 26 heavy (non-hydrogen) atoms. The van der Waals surface area contributed by atoms with Crippen LogP contribution < -0.4 is 9.04 Å². The zero-order valence-electron chi connectivity index (χ0n) is 15.1. The highest BCUT2D eigenvalue weighted by atomic mass is 32.2. The number of carbonyl (C=O) groups is 1. The third-order valence-corrected chi connectivity index (χ3v) is 5.59. The second-order valence-electron chi connectivity index (χ2n) is 5.65. The zero-order chi connectivity index (χ0) is 19.2. The number of hydrogen-bond donors (Lipinski definition) is 0. The lowest BCUT2D eigenvalue weighted by Crippen LogP contribution is -2.33. The Hall–Kier alpha value is -2.54. The molecule has 0 radical (unpaired) electrons. The van der Waals surface area contributed by atoms with Crippen LogP contribution in [-0.4, -0.2) is 34.6 Å². The van der Waals surface area contributed by atoms with Crippen LogP contribution in [0.2, 0.25) is 0 Å². The molecule has 6 nitrogen and oxygen atoms in total. The average Bonchev–Trinajstić information content (AvgIpc) is 2.62. The number of aryl methyl sites for hydroxylation is 1. The summed E-state index contributed by atoms with van der Waals surface area (Å²) in [5, 5.41) is 0. The van der Waals surface area contributed by atoms with Gasteiger partial charge in [-0.3, -0.25) is 9.10 Å². The number of benzene rings is 2. The van der Waals surface area contributed by atoms with E-state index in [0.717, 1.165) is 5.56 Å². The van der Waals surface area contributed by atoms with Crippen LogP contribution in [0.3, 0.4) is 0 Å². The molecule has 140 valence electrons. The first-order chi connectivity index (χ1) is 12.4. The molecule has 0 aromatic heterocycles. The molecule has 0 atom stereocenters.